The molecule has 5 nitrogen and oxygen atoms in total. The van der Waals surface area contributed by atoms with Gasteiger partial charge in [-0.2, -0.15) is 0 Å². The first kappa shape index (κ1) is 17.6. The van der Waals surface area contributed by atoms with Crippen molar-refractivity contribution < 1.29 is 13.2 Å². The molecule has 130 valence electrons. The second-order valence-electron chi connectivity index (χ2n) is 5.87. The van der Waals surface area contributed by atoms with E-state index in [2.05, 4.69) is 4.99 Å². The van der Waals surface area contributed by atoms with E-state index in [-0.39, 0.29) is 24.7 Å². The predicted molar refractivity (Wildman–Crippen MR) is 100 cm³/mol. The van der Waals surface area contributed by atoms with Crippen LogP contribution in [0.1, 0.15) is 11.1 Å². The second kappa shape index (κ2) is 6.98. The van der Waals surface area contributed by atoms with Gasteiger partial charge in [-0.15, -0.1) is 0 Å². The molecule has 0 saturated heterocycles. The van der Waals surface area contributed by atoms with E-state index in [0.29, 0.717) is 16.4 Å². The Bertz CT molecular complexity index is 940. The van der Waals surface area contributed by atoms with Crippen LogP contribution in [-0.4, -0.2) is 45.1 Å². The van der Waals surface area contributed by atoms with E-state index < -0.39 is 9.84 Å². The van der Waals surface area contributed by atoms with E-state index in [9.17, 15) is 13.2 Å². The van der Waals surface area contributed by atoms with E-state index >= 15 is 0 Å². The molecule has 2 aromatic carbocycles. The fourth-order valence-corrected chi connectivity index (χ4v) is 3.42. The number of anilines is 1. The Morgan fingerprint density at radius 3 is 2.56 bits per heavy atom. The van der Waals surface area contributed by atoms with Crippen molar-refractivity contribution in [2.24, 2.45) is 4.99 Å². The first-order valence-electron chi connectivity index (χ1n) is 7.73. The monoisotopic (exact) mass is 376 g/mol. The van der Waals surface area contributed by atoms with Gasteiger partial charge >= 0.3 is 0 Å². The number of carbonyl (C=O) groups is 1. The van der Waals surface area contributed by atoms with Crippen LogP contribution in [0.3, 0.4) is 0 Å². The predicted octanol–water partition coefficient (Wildman–Crippen LogP) is 2.57. The van der Waals surface area contributed by atoms with E-state index in [1.165, 1.54) is 4.90 Å². The molecule has 0 spiro atoms. The first-order valence-corrected chi connectivity index (χ1v) is 10.2. The van der Waals surface area contributed by atoms with Crippen molar-refractivity contribution in [1.29, 1.82) is 0 Å². The van der Waals surface area contributed by atoms with Crippen LogP contribution in [0.15, 0.2) is 53.5 Å². The highest BCUT2D eigenvalue weighted by Crippen LogP contribution is 2.29. The first-order chi connectivity index (χ1) is 11.8. The van der Waals surface area contributed by atoms with Crippen LogP contribution in [0, 0.1) is 0 Å². The largest absolute Gasteiger partial charge is 0.309 e. The topological polar surface area (TPSA) is 66.8 Å². The average molecular weight is 377 g/mol. The summed E-state index contributed by atoms with van der Waals surface area (Å²) < 4.78 is 23.1. The van der Waals surface area contributed by atoms with Crippen LogP contribution >= 0.6 is 11.6 Å². The molecule has 1 aliphatic heterocycles. The third kappa shape index (κ3) is 4.08. The molecule has 0 aliphatic carbocycles. The van der Waals surface area contributed by atoms with Crippen LogP contribution < -0.4 is 4.90 Å². The molecule has 1 aliphatic rings. The lowest BCUT2D eigenvalue weighted by Crippen LogP contribution is -2.36. The standard InChI is InChI=1S/C18H17ClN2O3S/c1-25(23,24)10-9-21-16-8-7-14(19)11-15(16)18(20-12-17(21)22)13-5-3-2-4-6-13/h2-8,11H,9-10,12H2,1H3. The molecule has 0 N–H and O–H groups in total. The van der Waals surface area contributed by atoms with Gasteiger partial charge in [0.1, 0.15) is 16.4 Å². The van der Waals surface area contributed by atoms with Gasteiger partial charge in [0, 0.05) is 29.0 Å². The molecule has 0 bridgehead atoms. The minimum atomic E-state index is -3.19. The van der Waals surface area contributed by atoms with Gasteiger partial charge in [-0.3, -0.25) is 9.79 Å². The van der Waals surface area contributed by atoms with Crippen LogP contribution in [0.25, 0.3) is 0 Å². The van der Waals surface area contributed by atoms with Gasteiger partial charge in [0.15, 0.2) is 0 Å². The summed E-state index contributed by atoms with van der Waals surface area (Å²) >= 11 is 6.16. The number of hydrogen-bond acceptors (Lipinski definition) is 4. The lowest BCUT2D eigenvalue weighted by atomic mass is 10.0. The summed E-state index contributed by atoms with van der Waals surface area (Å²) in [7, 11) is -3.19. The van der Waals surface area contributed by atoms with Crippen molar-refractivity contribution in [1.82, 2.24) is 0 Å². The summed E-state index contributed by atoms with van der Waals surface area (Å²) in [5, 5.41) is 0.528. The number of amides is 1. The molecule has 1 amide bonds. The molecule has 2 aromatic rings. The van der Waals surface area contributed by atoms with E-state index in [0.717, 1.165) is 17.4 Å². The number of rotatable bonds is 4. The Morgan fingerprint density at radius 2 is 1.88 bits per heavy atom. The lowest BCUT2D eigenvalue weighted by Gasteiger charge is -2.23. The summed E-state index contributed by atoms with van der Waals surface area (Å²) in [6.45, 7) is 0.0458. The Balaban J connectivity index is 2.10. The van der Waals surface area contributed by atoms with Gasteiger partial charge in [0.05, 0.1) is 17.2 Å². The summed E-state index contributed by atoms with van der Waals surface area (Å²) in [5.74, 6) is -0.347. The molecule has 0 saturated carbocycles. The number of aliphatic imine (C=N–C) groups is 1. The number of sulfone groups is 1. The minimum absolute atomic E-state index is 0.0414. The maximum atomic E-state index is 12.5. The van der Waals surface area contributed by atoms with Gasteiger partial charge in [0.25, 0.3) is 0 Å². The Kier molecular flexibility index (Phi) is 4.92. The molecular formula is C18H17ClN2O3S. The zero-order valence-corrected chi connectivity index (χ0v) is 15.2. The van der Waals surface area contributed by atoms with E-state index in [1.54, 1.807) is 18.2 Å². The SMILES string of the molecule is CS(=O)(=O)CCN1C(=O)CN=C(c2ccccc2)c2cc(Cl)ccc21. The molecule has 3 rings (SSSR count). The highest BCUT2D eigenvalue weighted by atomic mass is 35.5. The Hall–Kier alpha value is -2.18. The molecule has 0 radical (unpaired) electrons. The third-order valence-corrected chi connectivity index (χ3v) is 5.07. The number of nitrogens with zero attached hydrogens (tertiary/aromatic N) is 2. The van der Waals surface area contributed by atoms with Crippen molar-refractivity contribution in [3.05, 3.63) is 64.7 Å². The fraction of sp³-hybridized carbons (Fsp3) is 0.222. The van der Waals surface area contributed by atoms with E-state index in [1.807, 2.05) is 30.3 Å². The smallest absolute Gasteiger partial charge is 0.248 e. The van der Waals surface area contributed by atoms with Crippen molar-refractivity contribution >= 4 is 38.7 Å². The van der Waals surface area contributed by atoms with Gasteiger partial charge in [-0.1, -0.05) is 41.9 Å². The van der Waals surface area contributed by atoms with Crippen molar-refractivity contribution in [3.63, 3.8) is 0 Å². The number of halogens is 1. The quantitative estimate of drug-likeness (QED) is 0.823. The van der Waals surface area contributed by atoms with Crippen molar-refractivity contribution in [2.45, 2.75) is 0 Å². The molecule has 7 heteroatoms. The van der Waals surface area contributed by atoms with Gasteiger partial charge in [-0.05, 0) is 18.2 Å². The molecular weight excluding hydrogens is 360 g/mol. The molecule has 1 heterocycles. The normalized spacial score (nSPS) is 14.7. The maximum Gasteiger partial charge on any atom is 0.248 e. The number of fused-ring (bicyclic) bond motifs is 1. The summed E-state index contributed by atoms with van der Waals surface area (Å²) in [5.41, 5.74) is 2.90. The molecule has 25 heavy (non-hydrogen) atoms. The molecule has 0 aromatic heterocycles. The number of carbonyl (C=O) groups excluding carboxylic acids is 1. The Morgan fingerprint density at radius 1 is 1.16 bits per heavy atom. The van der Waals surface area contributed by atoms with Crippen LogP contribution in [0.2, 0.25) is 5.02 Å². The summed E-state index contributed by atoms with van der Waals surface area (Å²) in [4.78, 5) is 18.5. The number of benzodiazepines with no additional fused rings is 1. The van der Waals surface area contributed by atoms with Gasteiger partial charge < -0.3 is 4.90 Å². The van der Waals surface area contributed by atoms with E-state index in [4.69, 9.17) is 11.6 Å². The highest BCUT2D eigenvalue weighted by Gasteiger charge is 2.26. The van der Waals surface area contributed by atoms with Crippen LogP contribution in [-0.2, 0) is 14.6 Å². The van der Waals surface area contributed by atoms with Crippen molar-refractivity contribution in [3.8, 4) is 0 Å². The fourth-order valence-electron chi connectivity index (χ4n) is 2.73. The van der Waals surface area contributed by atoms with Crippen LogP contribution in [0.4, 0.5) is 5.69 Å². The van der Waals surface area contributed by atoms with Crippen LogP contribution in [0.5, 0.6) is 0 Å². The van der Waals surface area contributed by atoms with Crippen molar-refractivity contribution in [2.75, 3.05) is 30.0 Å². The third-order valence-electron chi connectivity index (χ3n) is 3.91. The zero-order valence-electron chi connectivity index (χ0n) is 13.6. The second-order valence-corrected chi connectivity index (χ2v) is 8.56. The van der Waals surface area contributed by atoms with Gasteiger partial charge in [0.2, 0.25) is 5.91 Å². The summed E-state index contributed by atoms with van der Waals surface area (Å²) in [6, 6.07) is 14.7. The molecule has 0 atom stereocenters. The summed E-state index contributed by atoms with van der Waals surface area (Å²) in [6.07, 6.45) is 1.16. The Labute approximate surface area is 151 Å². The number of benzene rings is 2. The minimum Gasteiger partial charge on any atom is -0.309 e. The van der Waals surface area contributed by atoms with Gasteiger partial charge in [-0.25, -0.2) is 8.42 Å². The molecule has 0 unspecified atom stereocenters. The zero-order chi connectivity index (χ0) is 18.0. The maximum absolute atomic E-state index is 12.5. The average Bonchev–Trinajstić information content (AvgIpc) is 2.69. The number of hydrogen-bond donors (Lipinski definition) is 0. The lowest BCUT2D eigenvalue weighted by molar-refractivity contribution is -0.117. The highest BCUT2D eigenvalue weighted by molar-refractivity contribution is 7.90. The molecule has 0 fully saturated rings.